The molecule has 2 rings (SSSR count). The first-order chi connectivity index (χ1) is 6.38. The van der Waals surface area contributed by atoms with Gasteiger partial charge in [0.15, 0.2) is 0 Å². The van der Waals surface area contributed by atoms with Gasteiger partial charge in [-0.3, -0.25) is 0 Å². The van der Waals surface area contributed by atoms with E-state index in [1.165, 1.54) is 30.7 Å². The molecule has 1 aliphatic rings. The van der Waals surface area contributed by atoms with Crippen molar-refractivity contribution in [1.82, 2.24) is 10.3 Å². The van der Waals surface area contributed by atoms with E-state index in [4.69, 9.17) is 0 Å². The summed E-state index contributed by atoms with van der Waals surface area (Å²) in [5.74, 6) is 0.864. The number of thiazole rings is 1. The molecular formula is C10H16N2S. The minimum atomic E-state index is 0.755. The van der Waals surface area contributed by atoms with Crippen LogP contribution in [0.3, 0.4) is 0 Å². The maximum atomic E-state index is 4.33. The van der Waals surface area contributed by atoms with Gasteiger partial charge in [0.2, 0.25) is 0 Å². The molecule has 3 heteroatoms. The van der Waals surface area contributed by atoms with Gasteiger partial charge in [0, 0.05) is 24.0 Å². The molecule has 72 valence electrons. The summed E-state index contributed by atoms with van der Waals surface area (Å²) in [6, 6.07) is 0.755. The minimum Gasteiger partial charge on any atom is -0.317 e. The molecule has 0 spiro atoms. The van der Waals surface area contributed by atoms with Gasteiger partial charge in [0.1, 0.15) is 0 Å². The Labute approximate surface area is 83.4 Å². The third-order valence-electron chi connectivity index (χ3n) is 2.90. The summed E-state index contributed by atoms with van der Waals surface area (Å²) in [4.78, 5) is 4.33. The Balaban J connectivity index is 1.84. The van der Waals surface area contributed by atoms with Crippen molar-refractivity contribution in [1.29, 1.82) is 0 Å². The summed E-state index contributed by atoms with van der Waals surface area (Å²) in [5.41, 5.74) is 0. The van der Waals surface area contributed by atoms with Crippen LogP contribution < -0.4 is 5.32 Å². The lowest BCUT2D eigenvalue weighted by atomic mass is 10.0. The third-order valence-corrected chi connectivity index (χ3v) is 3.70. The first-order valence-electron chi connectivity index (χ1n) is 4.94. The lowest BCUT2D eigenvalue weighted by Gasteiger charge is -2.08. The molecule has 1 heterocycles. The van der Waals surface area contributed by atoms with E-state index in [0.29, 0.717) is 0 Å². The van der Waals surface area contributed by atoms with Gasteiger partial charge in [0.25, 0.3) is 0 Å². The zero-order valence-electron chi connectivity index (χ0n) is 7.99. The summed E-state index contributed by atoms with van der Waals surface area (Å²) < 4.78 is 0. The average molecular weight is 196 g/mol. The van der Waals surface area contributed by atoms with Crippen LogP contribution in [0.2, 0.25) is 0 Å². The van der Waals surface area contributed by atoms with Crippen LogP contribution in [0.4, 0.5) is 0 Å². The van der Waals surface area contributed by atoms with Gasteiger partial charge in [-0.2, -0.15) is 0 Å². The van der Waals surface area contributed by atoms with E-state index in [1.54, 1.807) is 11.3 Å². The Hall–Kier alpha value is -0.410. The molecule has 1 aromatic heterocycles. The minimum absolute atomic E-state index is 0.755. The lowest BCUT2D eigenvalue weighted by molar-refractivity contribution is 0.509. The molecule has 1 aliphatic carbocycles. The molecule has 0 bridgehead atoms. The van der Waals surface area contributed by atoms with Gasteiger partial charge in [-0.1, -0.05) is 0 Å². The SMILES string of the molecule is CNC1CCC(Cc2nccs2)C1. The maximum absolute atomic E-state index is 4.33. The summed E-state index contributed by atoms with van der Waals surface area (Å²) in [6.45, 7) is 0. The first-order valence-corrected chi connectivity index (χ1v) is 5.82. The molecule has 1 saturated carbocycles. The highest BCUT2D eigenvalue weighted by atomic mass is 32.1. The molecule has 2 atom stereocenters. The van der Waals surface area contributed by atoms with E-state index in [2.05, 4.69) is 22.7 Å². The van der Waals surface area contributed by atoms with Crippen molar-refractivity contribution < 1.29 is 0 Å². The number of hydrogen-bond acceptors (Lipinski definition) is 3. The highest BCUT2D eigenvalue weighted by molar-refractivity contribution is 7.09. The zero-order valence-corrected chi connectivity index (χ0v) is 8.81. The molecule has 1 aromatic rings. The zero-order chi connectivity index (χ0) is 9.10. The summed E-state index contributed by atoms with van der Waals surface area (Å²) in [7, 11) is 2.07. The van der Waals surface area contributed by atoms with Gasteiger partial charge in [-0.25, -0.2) is 4.98 Å². The van der Waals surface area contributed by atoms with E-state index < -0.39 is 0 Å². The number of hydrogen-bond donors (Lipinski definition) is 1. The maximum Gasteiger partial charge on any atom is 0.0927 e. The molecule has 2 unspecified atom stereocenters. The lowest BCUT2D eigenvalue weighted by Crippen LogP contribution is -2.21. The van der Waals surface area contributed by atoms with Gasteiger partial charge in [-0.15, -0.1) is 11.3 Å². The van der Waals surface area contributed by atoms with Crippen molar-refractivity contribution in [3.8, 4) is 0 Å². The highest BCUT2D eigenvalue weighted by Crippen LogP contribution is 2.28. The smallest absolute Gasteiger partial charge is 0.0927 e. The van der Waals surface area contributed by atoms with E-state index in [0.717, 1.165) is 12.0 Å². The van der Waals surface area contributed by atoms with Crippen LogP contribution in [0.15, 0.2) is 11.6 Å². The fourth-order valence-corrected chi connectivity index (χ4v) is 2.86. The van der Waals surface area contributed by atoms with Gasteiger partial charge >= 0.3 is 0 Å². The van der Waals surface area contributed by atoms with Crippen molar-refractivity contribution in [3.63, 3.8) is 0 Å². The van der Waals surface area contributed by atoms with Crippen LogP contribution >= 0.6 is 11.3 Å². The second-order valence-corrected chi connectivity index (χ2v) is 4.77. The molecule has 2 nitrogen and oxygen atoms in total. The van der Waals surface area contributed by atoms with Crippen LogP contribution in [0.5, 0.6) is 0 Å². The molecule has 0 saturated heterocycles. The van der Waals surface area contributed by atoms with Crippen molar-refractivity contribution in [2.75, 3.05) is 7.05 Å². The van der Waals surface area contributed by atoms with Crippen LogP contribution in [0.1, 0.15) is 24.3 Å². The first kappa shape index (κ1) is 9.16. The molecule has 0 aromatic carbocycles. The van der Waals surface area contributed by atoms with Crippen molar-refractivity contribution >= 4 is 11.3 Å². The Bertz CT molecular complexity index is 245. The fourth-order valence-electron chi connectivity index (χ4n) is 2.12. The van der Waals surface area contributed by atoms with E-state index in [-0.39, 0.29) is 0 Å². The monoisotopic (exact) mass is 196 g/mol. The molecule has 13 heavy (non-hydrogen) atoms. The van der Waals surface area contributed by atoms with E-state index in [1.807, 2.05) is 6.20 Å². The second kappa shape index (κ2) is 4.20. The van der Waals surface area contributed by atoms with Crippen LogP contribution in [-0.4, -0.2) is 18.1 Å². The number of aromatic nitrogens is 1. The Kier molecular flexibility index (Phi) is 2.96. The molecule has 0 radical (unpaired) electrons. The Morgan fingerprint density at radius 2 is 2.54 bits per heavy atom. The molecule has 0 aliphatic heterocycles. The van der Waals surface area contributed by atoms with E-state index >= 15 is 0 Å². The molecule has 0 amide bonds. The Morgan fingerprint density at radius 1 is 1.62 bits per heavy atom. The van der Waals surface area contributed by atoms with Crippen molar-refractivity contribution in [3.05, 3.63) is 16.6 Å². The molecule has 1 fully saturated rings. The molecule has 1 N–H and O–H groups in total. The summed E-state index contributed by atoms with van der Waals surface area (Å²) in [6.07, 6.45) is 7.13. The van der Waals surface area contributed by atoms with Crippen LogP contribution in [0, 0.1) is 5.92 Å². The normalized spacial score (nSPS) is 28.1. The quantitative estimate of drug-likeness (QED) is 0.800. The van der Waals surface area contributed by atoms with Crippen molar-refractivity contribution in [2.45, 2.75) is 31.7 Å². The average Bonchev–Trinajstić information content (AvgIpc) is 2.76. The summed E-state index contributed by atoms with van der Waals surface area (Å²) in [5, 5.41) is 6.73. The van der Waals surface area contributed by atoms with Gasteiger partial charge < -0.3 is 5.32 Å². The largest absolute Gasteiger partial charge is 0.317 e. The van der Waals surface area contributed by atoms with Crippen LogP contribution in [0.25, 0.3) is 0 Å². The predicted molar refractivity (Wildman–Crippen MR) is 56.0 cm³/mol. The van der Waals surface area contributed by atoms with E-state index in [9.17, 15) is 0 Å². The highest BCUT2D eigenvalue weighted by Gasteiger charge is 2.23. The Morgan fingerprint density at radius 3 is 3.15 bits per heavy atom. The van der Waals surface area contributed by atoms with Crippen LogP contribution in [-0.2, 0) is 6.42 Å². The summed E-state index contributed by atoms with van der Waals surface area (Å²) >= 11 is 1.79. The number of nitrogens with one attached hydrogen (secondary N) is 1. The fraction of sp³-hybridized carbons (Fsp3) is 0.700. The van der Waals surface area contributed by atoms with Crippen molar-refractivity contribution in [2.24, 2.45) is 5.92 Å². The predicted octanol–water partition coefficient (Wildman–Crippen LogP) is 2.07. The second-order valence-electron chi connectivity index (χ2n) is 3.79. The standard InChI is InChI=1S/C10H16N2S/c1-11-9-3-2-8(6-9)7-10-12-4-5-13-10/h4-5,8-9,11H,2-3,6-7H2,1H3. The topological polar surface area (TPSA) is 24.9 Å². The third kappa shape index (κ3) is 2.29. The number of nitrogens with zero attached hydrogens (tertiary/aromatic N) is 1. The van der Waals surface area contributed by atoms with Gasteiger partial charge in [-0.05, 0) is 32.2 Å². The molecular weight excluding hydrogens is 180 g/mol. The number of rotatable bonds is 3. The van der Waals surface area contributed by atoms with Gasteiger partial charge in [0.05, 0.1) is 5.01 Å².